The van der Waals surface area contributed by atoms with Crippen molar-refractivity contribution in [1.82, 2.24) is 0 Å². The van der Waals surface area contributed by atoms with Crippen molar-refractivity contribution in [3.8, 4) is 0 Å². The van der Waals surface area contributed by atoms with Gasteiger partial charge in [0.25, 0.3) is 11.4 Å². The summed E-state index contributed by atoms with van der Waals surface area (Å²) in [5.74, 6) is 0. The first kappa shape index (κ1) is 11.2. The molecule has 0 saturated heterocycles. The Balaban J connectivity index is 0.000000261. The molecule has 1 rings (SSSR count). The molecule has 0 amide bonds. The van der Waals surface area contributed by atoms with E-state index in [-0.39, 0.29) is 0 Å². The molecular weight excluding hydrogens is 178 g/mol. The van der Waals surface area contributed by atoms with Crippen molar-refractivity contribution in [2.24, 2.45) is 5.73 Å². The van der Waals surface area contributed by atoms with Crippen molar-refractivity contribution in [2.45, 2.75) is 6.54 Å². The third-order valence-electron chi connectivity index (χ3n) is 1.08. The smallest absolute Gasteiger partial charge is 0.299 e. The lowest BCUT2D eigenvalue weighted by Gasteiger charge is -1.90. The topological polar surface area (TPSA) is 83.6 Å². The zero-order valence-electron chi connectivity index (χ0n) is 6.38. The van der Waals surface area contributed by atoms with Crippen LogP contribution in [0.1, 0.15) is 5.56 Å². The Morgan fingerprint density at radius 2 is 1.67 bits per heavy atom. The van der Waals surface area contributed by atoms with Gasteiger partial charge in [-0.25, -0.2) is 0 Å². The van der Waals surface area contributed by atoms with Gasteiger partial charge in [-0.05, 0) is 5.56 Å². The van der Waals surface area contributed by atoms with E-state index in [0.29, 0.717) is 6.54 Å². The first-order valence-corrected chi connectivity index (χ1v) is 4.27. The second-order valence-electron chi connectivity index (χ2n) is 1.92. The van der Waals surface area contributed by atoms with E-state index in [0.717, 1.165) is 0 Å². The Hall–Kier alpha value is -0.750. The normalized spacial score (nSPS) is 9.00. The summed E-state index contributed by atoms with van der Waals surface area (Å²) in [6, 6.07) is 9.99. The van der Waals surface area contributed by atoms with E-state index in [1.807, 2.05) is 30.3 Å². The zero-order chi connectivity index (χ0) is 9.40. The predicted octanol–water partition coefficient (Wildman–Crippen LogP) is 0.826. The maximum atomic E-state index is 8.67. The van der Waals surface area contributed by atoms with Crippen LogP contribution in [0.2, 0.25) is 0 Å². The molecule has 0 saturated carbocycles. The zero-order valence-corrected chi connectivity index (χ0v) is 7.20. The highest BCUT2D eigenvalue weighted by atomic mass is 32.2. The highest BCUT2D eigenvalue weighted by molar-refractivity contribution is 7.73. The number of hydrogen-bond acceptors (Lipinski definition) is 2. The van der Waals surface area contributed by atoms with Crippen LogP contribution in [-0.4, -0.2) is 13.3 Å². The molecule has 5 heteroatoms. The minimum atomic E-state index is -2.61. The number of rotatable bonds is 1. The number of hydrogen-bond donors (Lipinski definition) is 3. The fourth-order valence-corrected chi connectivity index (χ4v) is 0.614. The maximum Gasteiger partial charge on any atom is 0.299 e. The Kier molecular flexibility index (Phi) is 6.50. The molecule has 0 aromatic heterocycles. The highest BCUT2D eigenvalue weighted by Gasteiger charge is 1.80. The summed E-state index contributed by atoms with van der Waals surface area (Å²) in [5.41, 5.74) is 6.54. The third-order valence-corrected chi connectivity index (χ3v) is 1.08. The van der Waals surface area contributed by atoms with Gasteiger partial charge in [0, 0.05) is 6.54 Å². The lowest BCUT2D eigenvalue weighted by atomic mass is 10.2. The average Bonchev–Trinajstić information content (AvgIpc) is 2.05. The van der Waals surface area contributed by atoms with Gasteiger partial charge in [0.15, 0.2) is 0 Å². The van der Waals surface area contributed by atoms with Crippen LogP contribution in [0.15, 0.2) is 30.3 Å². The first-order chi connectivity index (χ1) is 5.66. The Labute approximate surface area is 73.5 Å². The largest absolute Gasteiger partial charge is 0.326 e. The van der Waals surface area contributed by atoms with Gasteiger partial charge in [0.2, 0.25) is 0 Å². The number of nitrogens with two attached hydrogens (primary N) is 1. The molecular formula is C7H11NO3S. The van der Waals surface area contributed by atoms with Gasteiger partial charge in [-0.3, -0.25) is 9.11 Å². The summed E-state index contributed by atoms with van der Waals surface area (Å²) >= 11 is -2.61. The van der Waals surface area contributed by atoms with Crippen molar-refractivity contribution in [3.05, 3.63) is 35.9 Å². The van der Waals surface area contributed by atoms with Crippen LogP contribution >= 0.6 is 0 Å². The van der Waals surface area contributed by atoms with Gasteiger partial charge in [-0.1, -0.05) is 30.3 Å². The van der Waals surface area contributed by atoms with Crippen LogP contribution in [0.25, 0.3) is 0 Å². The molecule has 0 fully saturated rings. The molecule has 0 radical (unpaired) electrons. The van der Waals surface area contributed by atoms with Crippen LogP contribution < -0.4 is 5.73 Å². The number of benzene rings is 1. The third kappa shape index (κ3) is 7.36. The van der Waals surface area contributed by atoms with Crippen LogP contribution in [0.5, 0.6) is 0 Å². The van der Waals surface area contributed by atoms with Gasteiger partial charge in [-0.2, -0.15) is 4.21 Å². The van der Waals surface area contributed by atoms with E-state index >= 15 is 0 Å². The summed E-state index contributed by atoms with van der Waals surface area (Å²) in [7, 11) is 0. The van der Waals surface area contributed by atoms with Gasteiger partial charge in [-0.15, -0.1) is 0 Å². The van der Waals surface area contributed by atoms with Crippen molar-refractivity contribution in [1.29, 1.82) is 0 Å². The SMILES string of the molecule is NCc1ccccc1.O=S(O)O. The Bertz CT molecular complexity index is 223. The highest BCUT2D eigenvalue weighted by Crippen LogP contribution is 1.94. The van der Waals surface area contributed by atoms with E-state index in [4.69, 9.17) is 19.0 Å². The molecule has 0 bridgehead atoms. The maximum absolute atomic E-state index is 8.67. The van der Waals surface area contributed by atoms with Crippen molar-refractivity contribution < 1.29 is 13.3 Å². The minimum Gasteiger partial charge on any atom is -0.326 e. The summed E-state index contributed by atoms with van der Waals surface area (Å²) < 4.78 is 22.8. The monoisotopic (exact) mass is 189 g/mol. The van der Waals surface area contributed by atoms with Crippen molar-refractivity contribution in [3.63, 3.8) is 0 Å². The quantitative estimate of drug-likeness (QED) is 0.571. The molecule has 4 N–H and O–H groups in total. The van der Waals surface area contributed by atoms with Crippen LogP contribution in [-0.2, 0) is 17.9 Å². The average molecular weight is 189 g/mol. The summed E-state index contributed by atoms with van der Waals surface area (Å²) in [5, 5.41) is 0. The first-order valence-electron chi connectivity index (χ1n) is 3.20. The molecule has 4 nitrogen and oxygen atoms in total. The molecule has 0 spiro atoms. The van der Waals surface area contributed by atoms with Crippen LogP contribution in [0, 0.1) is 0 Å². The lowest BCUT2D eigenvalue weighted by molar-refractivity contribution is 0.454. The van der Waals surface area contributed by atoms with Crippen molar-refractivity contribution in [2.75, 3.05) is 0 Å². The standard InChI is InChI=1S/C7H9N.H2O3S/c8-6-7-4-2-1-3-5-7;1-4(2)3/h1-5H,6,8H2;(H2,1,2,3). The lowest BCUT2D eigenvalue weighted by Crippen LogP contribution is -1.94. The van der Waals surface area contributed by atoms with Crippen LogP contribution in [0.3, 0.4) is 0 Å². The fourth-order valence-electron chi connectivity index (χ4n) is 0.614. The van der Waals surface area contributed by atoms with Crippen LogP contribution in [0.4, 0.5) is 0 Å². The molecule has 0 aliphatic carbocycles. The molecule has 0 atom stereocenters. The molecule has 0 aliphatic rings. The molecule has 1 aromatic carbocycles. The second-order valence-corrected chi connectivity index (χ2v) is 2.38. The van der Waals surface area contributed by atoms with Gasteiger partial charge >= 0.3 is 0 Å². The van der Waals surface area contributed by atoms with Crippen molar-refractivity contribution >= 4 is 11.4 Å². The molecule has 68 valence electrons. The van der Waals surface area contributed by atoms with E-state index in [1.165, 1.54) is 5.56 Å². The second kappa shape index (κ2) is 6.93. The van der Waals surface area contributed by atoms with E-state index in [2.05, 4.69) is 0 Å². The van der Waals surface area contributed by atoms with Gasteiger partial charge in [0.1, 0.15) is 0 Å². The van der Waals surface area contributed by atoms with Gasteiger partial charge < -0.3 is 5.73 Å². The van der Waals surface area contributed by atoms with Gasteiger partial charge in [0.05, 0.1) is 0 Å². The summed E-state index contributed by atoms with van der Waals surface area (Å²) in [6.07, 6.45) is 0. The fraction of sp³-hybridized carbons (Fsp3) is 0.143. The Morgan fingerprint density at radius 3 is 1.92 bits per heavy atom. The van der Waals surface area contributed by atoms with E-state index in [9.17, 15) is 0 Å². The predicted molar refractivity (Wildman–Crippen MR) is 47.7 cm³/mol. The van der Waals surface area contributed by atoms with E-state index in [1.54, 1.807) is 0 Å². The minimum absolute atomic E-state index is 0.640. The summed E-state index contributed by atoms with van der Waals surface area (Å²) in [6.45, 7) is 0.640. The molecule has 12 heavy (non-hydrogen) atoms. The van der Waals surface area contributed by atoms with E-state index < -0.39 is 11.4 Å². The molecule has 0 heterocycles. The molecule has 1 aromatic rings. The molecule has 0 aliphatic heterocycles. The summed E-state index contributed by atoms with van der Waals surface area (Å²) in [4.78, 5) is 0. The molecule has 0 unspecified atom stereocenters. The Morgan fingerprint density at radius 1 is 1.25 bits per heavy atom.